The predicted octanol–water partition coefficient (Wildman–Crippen LogP) is 3.22. The van der Waals surface area contributed by atoms with E-state index in [1.807, 2.05) is 24.3 Å². The zero-order valence-corrected chi connectivity index (χ0v) is 16.5. The second-order valence-electron chi connectivity index (χ2n) is 5.39. The Bertz CT molecular complexity index is 732. The van der Waals surface area contributed by atoms with Crippen molar-refractivity contribution < 1.29 is 9.59 Å². The second kappa shape index (κ2) is 10.2. The number of carbonyl (C=O) groups excluding carboxylic acids is 2. The molecule has 0 saturated carbocycles. The molecule has 0 aliphatic rings. The number of imide groups is 1. The van der Waals surface area contributed by atoms with Gasteiger partial charge in [-0.2, -0.15) is 0 Å². The summed E-state index contributed by atoms with van der Waals surface area (Å²) in [5.41, 5.74) is 0.502. The van der Waals surface area contributed by atoms with Gasteiger partial charge in [0.05, 0.1) is 0 Å². The van der Waals surface area contributed by atoms with Crippen LogP contribution in [0.1, 0.15) is 23.2 Å². The summed E-state index contributed by atoms with van der Waals surface area (Å²) in [6.07, 6.45) is 3.17. The van der Waals surface area contributed by atoms with Crippen molar-refractivity contribution in [3.8, 4) is 0 Å². The number of benzene rings is 2. The van der Waals surface area contributed by atoms with Crippen molar-refractivity contribution in [1.29, 1.82) is 0 Å². The molecule has 0 unspecified atom stereocenters. The Hall–Kier alpha value is -1.87. The van der Waals surface area contributed by atoms with Crippen molar-refractivity contribution in [1.82, 2.24) is 4.90 Å². The fourth-order valence-corrected chi connectivity index (χ4v) is 4.38. The summed E-state index contributed by atoms with van der Waals surface area (Å²) < 4.78 is 2.23. The van der Waals surface area contributed by atoms with Gasteiger partial charge >= 0.3 is 160 Å². The van der Waals surface area contributed by atoms with Gasteiger partial charge in [0.1, 0.15) is 0 Å². The number of likely N-dealkylation sites (N-methyl/N-ethyl adjacent to an activating group) is 1. The Morgan fingerprint density at radius 1 is 1.04 bits per heavy atom. The molecule has 5 heteroatoms. The molecule has 25 heavy (non-hydrogen) atoms. The van der Waals surface area contributed by atoms with Crippen molar-refractivity contribution in [2.75, 3.05) is 12.9 Å². The molecule has 0 N–H and O–H groups in total. The molecule has 0 aromatic heterocycles. The summed E-state index contributed by atoms with van der Waals surface area (Å²) >= 11 is 5.85. The van der Waals surface area contributed by atoms with Gasteiger partial charge in [-0.1, -0.05) is 0 Å². The summed E-state index contributed by atoms with van der Waals surface area (Å²) in [6.45, 7) is 0. The van der Waals surface area contributed by atoms with E-state index in [-0.39, 0.29) is 26.8 Å². The summed E-state index contributed by atoms with van der Waals surface area (Å²) in [5, 5.41) is 0. The molecule has 2 rings (SSSR count). The van der Waals surface area contributed by atoms with Crippen LogP contribution >= 0.6 is 11.6 Å². The number of halogens is 1. The van der Waals surface area contributed by atoms with Crippen molar-refractivity contribution in [3.63, 3.8) is 0 Å². The van der Waals surface area contributed by atoms with E-state index in [4.69, 9.17) is 11.6 Å². The van der Waals surface area contributed by atoms with E-state index in [1.54, 1.807) is 30.3 Å². The SMILES string of the molecule is CN(C(=O)/C=C(/CCCCl)[Se]c1ccccc1)C(=O)c1ccccc1. The molecule has 0 aliphatic heterocycles. The van der Waals surface area contributed by atoms with Crippen molar-refractivity contribution >= 4 is 42.8 Å². The first-order valence-electron chi connectivity index (χ1n) is 7.98. The quantitative estimate of drug-likeness (QED) is 0.392. The predicted molar refractivity (Wildman–Crippen MR) is 103 cm³/mol. The van der Waals surface area contributed by atoms with E-state index in [9.17, 15) is 9.59 Å². The number of amides is 2. The fraction of sp³-hybridized carbons (Fsp3) is 0.200. The number of nitrogens with zero attached hydrogens (tertiary/aromatic N) is 1. The molecule has 130 valence electrons. The Labute approximate surface area is 159 Å². The number of allylic oxidation sites excluding steroid dienone is 1. The molecule has 0 atom stereocenters. The van der Waals surface area contributed by atoms with Crippen LogP contribution in [0.2, 0.25) is 0 Å². The molecular formula is C20H20ClNO2Se. The first kappa shape index (κ1) is 19.5. The van der Waals surface area contributed by atoms with Crippen LogP contribution in [-0.4, -0.2) is 44.6 Å². The van der Waals surface area contributed by atoms with E-state index < -0.39 is 0 Å². The molecule has 2 aromatic carbocycles. The third-order valence-electron chi connectivity index (χ3n) is 3.49. The number of alkyl halides is 1. The summed E-state index contributed by atoms with van der Waals surface area (Å²) in [7, 11) is 1.52. The van der Waals surface area contributed by atoms with Gasteiger partial charge in [-0.05, 0) is 0 Å². The molecule has 0 aliphatic carbocycles. The molecule has 2 aromatic rings. The van der Waals surface area contributed by atoms with Crippen LogP contribution in [0, 0.1) is 0 Å². The van der Waals surface area contributed by atoms with Gasteiger partial charge in [-0.15, -0.1) is 0 Å². The average Bonchev–Trinajstić information content (AvgIpc) is 2.66. The van der Waals surface area contributed by atoms with Gasteiger partial charge in [-0.3, -0.25) is 0 Å². The molecule has 0 bridgehead atoms. The third-order valence-corrected chi connectivity index (χ3v) is 6.05. The monoisotopic (exact) mass is 421 g/mol. The number of carbonyl (C=O) groups is 2. The molecule has 3 nitrogen and oxygen atoms in total. The molecule has 2 amide bonds. The van der Waals surface area contributed by atoms with Crippen LogP contribution in [-0.2, 0) is 4.79 Å². The van der Waals surface area contributed by atoms with Crippen molar-refractivity contribution in [3.05, 3.63) is 76.8 Å². The molecular weight excluding hydrogens is 401 g/mol. The van der Waals surface area contributed by atoms with E-state index in [0.29, 0.717) is 11.4 Å². The normalized spacial score (nSPS) is 11.2. The first-order valence-corrected chi connectivity index (χ1v) is 10.2. The Morgan fingerprint density at radius 2 is 1.64 bits per heavy atom. The number of hydrogen-bond donors (Lipinski definition) is 0. The molecule has 0 saturated heterocycles. The Balaban J connectivity index is 2.13. The average molecular weight is 421 g/mol. The maximum atomic E-state index is 12.5. The van der Waals surface area contributed by atoms with Gasteiger partial charge in [-0.25, -0.2) is 0 Å². The summed E-state index contributed by atoms with van der Waals surface area (Å²) in [4.78, 5) is 26.1. The van der Waals surface area contributed by atoms with E-state index in [1.165, 1.54) is 11.5 Å². The van der Waals surface area contributed by atoms with Gasteiger partial charge in [0.15, 0.2) is 0 Å². The van der Waals surface area contributed by atoms with Crippen LogP contribution in [0.25, 0.3) is 0 Å². The maximum absolute atomic E-state index is 12.5. The van der Waals surface area contributed by atoms with E-state index in [2.05, 4.69) is 12.1 Å². The standard InChI is InChI=1S/C20H20ClNO2Se/c1-22(20(24)16-9-4-2-5-10-16)19(23)15-18(13-8-14-21)25-17-11-6-3-7-12-17/h2-7,9-12,15H,8,13-14H2,1H3/b18-15-. The van der Waals surface area contributed by atoms with E-state index >= 15 is 0 Å². The van der Waals surface area contributed by atoms with Crippen molar-refractivity contribution in [2.24, 2.45) is 0 Å². The molecule has 0 spiro atoms. The molecule has 0 heterocycles. The van der Waals surface area contributed by atoms with Crippen LogP contribution in [0.15, 0.2) is 71.2 Å². The number of hydrogen-bond acceptors (Lipinski definition) is 2. The first-order chi connectivity index (χ1) is 12.1. The van der Waals surface area contributed by atoms with Crippen LogP contribution in [0.5, 0.6) is 0 Å². The minimum atomic E-state index is -0.300. The van der Waals surface area contributed by atoms with Gasteiger partial charge in [0.25, 0.3) is 0 Å². The van der Waals surface area contributed by atoms with Crippen LogP contribution in [0.3, 0.4) is 0 Å². The Kier molecular flexibility index (Phi) is 7.93. The third kappa shape index (κ3) is 6.17. The van der Waals surface area contributed by atoms with Gasteiger partial charge in [0, 0.05) is 0 Å². The molecule has 0 radical (unpaired) electrons. The summed E-state index contributed by atoms with van der Waals surface area (Å²) in [5.74, 6) is -0.0446. The van der Waals surface area contributed by atoms with E-state index in [0.717, 1.165) is 22.2 Å². The van der Waals surface area contributed by atoms with Crippen LogP contribution < -0.4 is 4.46 Å². The summed E-state index contributed by atoms with van der Waals surface area (Å²) in [6, 6.07) is 18.9. The zero-order chi connectivity index (χ0) is 18.1. The number of rotatable bonds is 7. The molecule has 0 fully saturated rings. The zero-order valence-electron chi connectivity index (χ0n) is 14.0. The van der Waals surface area contributed by atoms with Gasteiger partial charge < -0.3 is 0 Å². The Morgan fingerprint density at radius 3 is 2.24 bits per heavy atom. The van der Waals surface area contributed by atoms with Gasteiger partial charge in [0.2, 0.25) is 0 Å². The minimum absolute atomic E-state index is 0.0413. The van der Waals surface area contributed by atoms with Crippen molar-refractivity contribution in [2.45, 2.75) is 12.8 Å². The van der Waals surface area contributed by atoms with Crippen LogP contribution in [0.4, 0.5) is 0 Å². The fourth-order valence-electron chi connectivity index (χ4n) is 2.14. The topological polar surface area (TPSA) is 37.4 Å². The second-order valence-corrected chi connectivity index (χ2v) is 8.28.